The molecule has 0 saturated carbocycles. The maximum atomic E-state index is 5.68. The molecule has 0 aromatic rings. The van der Waals surface area contributed by atoms with Crippen molar-refractivity contribution in [2.45, 2.75) is 19.8 Å². The van der Waals surface area contributed by atoms with Crippen molar-refractivity contribution in [1.82, 2.24) is 14.8 Å². The topological polar surface area (TPSA) is 35.7 Å². The summed E-state index contributed by atoms with van der Waals surface area (Å²) in [7, 11) is 4.08. The number of nitrogens with zero attached hydrogens (tertiary/aromatic N) is 3. The summed E-state index contributed by atoms with van der Waals surface area (Å²) < 4.78 is 0. The van der Waals surface area contributed by atoms with Gasteiger partial charge in [-0.15, -0.1) is 0 Å². The van der Waals surface area contributed by atoms with Crippen LogP contribution in [0.4, 0.5) is 0 Å². The average molecular weight is 226 g/mol. The summed E-state index contributed by atoms with van der Waals surface area (Å²) >= 11 is 0. The normalized spacial score (nSPS) is 20.1. The van der Waals surface area contributed by atoms with Crippen LogP contribution in [0.3, 0.4) is 0 Å². The summed E-state index contributed by atoms with van der Waals surface area (Å²) in [4.78, 5) is 4.90. The quantitative estimate of drug-likeness (QED) is 0.553. The first-order valence-electron chi connectivity index (χ1n) is 6.19. The van der Waals surface area contributed by atoms with E-state index in [0.29, 0.717) is 0 Å². The lowest BCUT2D eigenvalue weighted by molar-refractivity contribution is 0.162. The van der Waals surface area contributed by atoms with Crippen molar-refractivity contribution in [1.29, 1.82) is 0 Å². The third-order valence-electron chi connectivity index (χ3n) is 2.98. The van der Waals surface area contributed by atoms with E-state index in [1.165, 1.54) is 38.2 Å². The van der Waals surface area contributed by atoms with Gasteiger partial charge in [-0.3, -0.25) is 4.90 Å². The fraction of sp³-hybridized carbons (Fsp3) is 0.833. The van der Waals surface area contributed by atoms with Gasteiger partial charge in [0.25, 0.3) is 0 Å². The van der Waals surface area contributed by atoms with Crippen molar-refractivity contribution in [2.75, 3.05) is 46.8 Å². The number of rotatable bonds is 5. The molecule has 1 saturated heterocycles. The van der Waals surface area contributed by atoms with Gasteiger partial charge in [0.05, 0.1) is 0 Å². The molecule has 0 aromatic heterocycles. The minimum atomic E-state index is 1.07. The lowest BCUT2D eigenvalue weighted by Gasteiger charge is -2.33. The summed E-state index contributed by atoms with van der Waals surface area (Å²) in [6.07, 6.45) is 4.41. The van der Waals surface area contributed by atoms with Gasteiger partial charge in [-0.25, -0.2) is 5.84 Å². The molecule has 4 heteroatoms. The van der Waals surface area contributed by atoms with Gasteiger partial charge in [0.1, 0.15) is 0 Å². The number of hydrogen-bond donors (Lipinski definition) is 1. The molecule has 0 atom stereocenters. The molecule has 16 heavy (non-hydrogen) atoms. The van der Waals surface area contributed by atoms with E-state index in [1.54, 1.807) is 5.01 Å². The molecule has 0 bridgehead atoms. The Bertz CT molecular complexity index is 217. The average Bonchev–Trinajstić information content (AvgIpc) is 2.21. The summed E-state index contributed by atoms with van der Waals surface area (Å²) in [5, 5.41) is 1.67. The highest BCUT2D eigenvalue weighted by Gasteiger charge is 2.14. The van der Waals surface area contributed by atoms with E-state index < -0.39 is 0 Å². The van der Waals surface area contributed by atoms with Gasteiger partial charge in [-0.1, -0.05) is 13.3 Å². The van der Waals surface area contributed by atoms with E-state index in [2.05, 4.69) is 30.0 Å². The molecule has 1 aliphatic heterocycles. The molecule has 2 N–H and O–H groups in total. The van der Waals surface area contributed by atoms with Gasteiger partial charge in [-0.2, -0.15) is 0 Å². The molecular weight excluding hydrogens is 200 g/mol. The fourth-order valence-electron chi connectivity index (χ4n) is 2.09. The van der Waals surface area contributed by atoms with Crippen LogP contribution in [0.15, 0.2) is 11.8 Å². The van der Waals surface area contributed by atoms with Crippen LogP contribution in [0, 0.1) is 0 Å². The van der Waals surface area contributed by atoms with Crippen molar-refractivity contribution in [3.63, 3.8) is 0 Å². The second-order valence-corrected chi connectivity index (χ2v) is 4.78. The van der Waals surface area contributed by atoms with Crippen LogP contribution in [-0.4, -0.2) is 61.6 Å². The Morgan fingerprint density at radius 3 is 2.44 bits per heavy atom. The molecule has 0 aromatic carbocycles. The fourth-order valence-corrected chi connectivity index (χ4v) is 2.09. The zero-order valence-electron chi connectivity index (χ0n) is 10.9. The van der Waals surface area contributed by atoms with Crippen LogP contribution < -0.4 is 5.84 Å². The van der Waals surface area contributed by atoms with E-state index in [9.17, 15) is 0 Å². The van der Waals surface area contributed by atoms with Crippen LogP contribution in [0.1, 0.15) is 19.8 Å². The third-order valence-corrected chi connectivity index (χ3v) is 2.98. The second kappa shape index (κ2) is 6.89. The van der Waals surface area contributed by atoms with Gasteiger partial charge in [0.15, 0.2) is 0 Å². The molecule has 0 unspecified atom stereocenters. The summed E-state index contributed by atoms with van der Waals surface area (Å²) in [5.41, 5.74) is 1.44. The molecule has 1 aliphatic rings. The van der Waals surface area contributed by atoms with Crippen LogP contribution in [-0.2, 0) is 0 Å². The third kappa shape index (κ3) is 4.96. The Hall–Kier alpha value is -0.580. The molecule has 4 nitrogen and oxygen atoms in total. The molecule has 0 radical (unpaired) electrons. The Labute approximate surface area is 99.6 Å². The summed E-state index contributed by atoms with van der Waals surface area (Å²) in [5.74, 6) is 5.68. The molecule has 1 rings (SSSR count). The number of piperazine rings is 1. The largest absolute Gasteiger partial charge is 0.321 e. The Morgan fingerprint density at radius 2 is 1.94 bits per heavy atom. The first-order valence-corrected chi connectivity index (χ1v) is 6.19. The first-order chi connectivity index (χ1) is 7.61. The Balaban J connectivity index is 2.42. The molecule has 1 heterocycles. The number of hydrogen-bond acceptors (Lipinski definition) is 4. The Morgan fingerprint density at radius 1 is 1.31 bits per heavy atom. The van der Waals surface area contributed by atoms with Crippen molar-refractivity contribution in [3.8, 4) is 0 Å². The molecule has 0 amide bonds. The minimum absolute atomic E-state index is 1.07. The number of nitrogens with two attached hydrogens (primary N) is 1. The van der Waals surface area contributed by atoms with Gasteiger partial charge in [0, 0.05) is 46.0 Å². The van der Waals surface area contributed by atoms with Crippen molar-refractivity contribution in [3.05, 3.63) is 11.8 Å². The van der Waals surface area contributed by atoms with Crippen LogP contribution in [0.2, 0.25) is 0 Å². The lowest BCUT2D eigenvalue weighted by Crippen LogP contribution is -2.45. The predicted octanol–water partition coefficient (Wildman–Crippen LogP) is 0.723. The van der Waals surface area contributed by atoms with E-state index in [4.69, 9.17) is 5.84 Å². The maximum Gasteiger partial charge on any atom is 0.0222 e. The highest BCUT2D eigenvalue weighted by Crippen LogP contribution is 2.09. The van der Waals surface area contributed by atoms with Crippen LogP contribution in [0.25, 0.3) is 0 Å². The molecule has 0 aliphatic carbocycles. The van der Waals surface area contributed by atoms with E-state index in [0.717, 1.165) is 13.0 Å². The zero-order chi connectivity index (χ0) is 12.0. The van der Waals surface area contributed by atoms with E-state index in [-0.39, 0.29) is 0 Å². The molecule has 94 valence electrons. The minimum Gasteiger partial charge on any atom is -0.321 e. The molecular formula is C12H26N4. The molecule has 1 fully saturated rings. The second-order valence-electron chi connectivity index (χ2n) is 4.78. The van der Waals surface area contributed by atoms with E-state index >= 15 is 0 Å². The van der Waals surface area contributed by atoms with Gasteiger partial charge < -0.3 is 9.91 Å². The first kappa shape index (κ1) is 13.5. The van der Waals surface area contributed by atoms with Crippen molar-refractivity contribution < 1.29 is 0 Å². The number of likely N-dealkylation sites (N-methyl/N-ethyl adjacent to an activating group) is 1. The summed E-state index contributed by atoms with van der Waals surface area (Å²) in [6, 6.07) is 0. The van der Waals surface area contributed by atoms with Crippen LogP contribution >= 0.6 is 0 Å². The van der Waals surface area contributed by atoms with Crippen LogP contribution in [0.5, 0.6) is 0 Å². The molecule has 0 spiro atoms. The number of hydrazine groups is 1. The SMILES string of the molecule is CCC/C(=C\N(C)N)CN1CCN(C)CC1. The zero-order valence-corrected chi connectivity index (χ0v) is 10.9. The standard InChI is InChI=1S/C12H26N4/c1-4-5-12(10-15(3)13)11-16-8-6-14(2)7-9-16/h10H,4-9,11,13H2,1-3H3/b12-10+. The van der Waals surface area contributed by atoms with Gasteiger partial charge in [0.2, 0.25) is 0 Å². The van der Waals surface area contributed by atoms with Crippen molar-refractivity contribution in [2.24, 2.45) is 5.84 Å². The highest BCUT2D eigenvalue weighted by atomic mass is 15.4. The van der Waals surface area contributed by atoms with Crippen molar-refractivity contribution >= 4 is 0 Å². The maximum absolute atomic E-state index is 5.68. The smallest absolute Gasteiger partial charge is 0.0222 e. The van der Waals surface area contributed by atoms with Gasteiger partial charge in [-0.05, 0) is 19.0 Å². The highest BCUT2D eigenvalue weighted by molar-refractivity contribution is 5.03. The lowest BCUT2D eigenvalue weighted by atomic mass is 10.1. The van der Waals surface area contributed by atoms with E-state index in [1.807, 2.05) is 7.05 Å². The monoisotopic (exact) mass is 226 g/mol. The predicted molar refractivity (Wildman–Crippen MR) is 68.9 cm³/mol. The Kier molecular flexibility index (Phi) is 5.80. The van der Waals surface area contributed by atoms with Gasteiger partial charge >= 0.3 is 0 Å². The summed E-state index contributed by atoms with van der Waals surface area (Å²) in [6.45, 7) is 7.99.